The number of nitrogens with zero attached hydrogens (tertiary/aromatic N) is 1. The number of rotatable bonds is 7. The third-order valence-corrected chi connectivity index (χ3v) is 7.23. The average molecular weight is 444 g/mol. The molecule has 7 heteroatoms. The minimum Gasteiger partial charge on any atom is -0.497 e. The maximum atomic E-state index is 13.9. The van der Waals surface area contributed by atoms with Crippen LogP contribution in [0.5, 0.6) is 11.5 Å². The summed E-state index contributed by atoms with van der Waals surface area (Å²) in [5.74, 6) is 0.639. The van der Waals surface area contributed by atoms with Crippen LogP contribution >= 0.6 is 0 Å². The first-order valence-electron chi connectivity index (χ1n) is 9.78. The topological polar surface area (TPSA) is 55.8 Å². The average Bonchev–Trinajstić information content (AvgIpc) is 2.72. The lowest BCUT2D eigenvalue weighted by Crippen LogP contribution is -2.34. The van der Waals surface area contributed by atoms with E-state index in [1.165, 1.54) is 23.5 Å². The van der Waals surface area contributed by atoms with Gasteiger partial charge >= 0.3 is 0 Å². The van der Waals surface area contributed by atoms with E-state index in [1.54, 1.807) is 57.4 Å². The van der Waals surface area contributed by atoms with E-state index in [0.29, 0.717) is 28.3 Å². The largest absolute Gasteiger partial charge is 0.497 e. The second-order valence-electron chi connectivity index (χ2n) is 7.33. The van der Waals surface area contributed by atoms with Crippen molar-refractivity contribution in [2.75, 3.05) is 18.5 Å². The van der Waals surface area contributed by atoms with Crippen LogP contribution in [-0.2, 0) is 10.0 Å². The van der Waals surface area contributed by atoms with E-state index < -0.39 is 21.9 Å². The van der Waals surface area contributed by atoms with Gasteiger partial charge in [-0.15, -0.1) is 0 Å². The number of hydrogen-bond donors (Lipinski definition) is 0. The minimum absolute atomic E-state index is 0.0455. The monoisotopic (exact) mass is 443 g/mol. The van der Waals surface area contributed by atoms with Crippen LogP contribution in [0.3, 0.4) is 0 Å². The van der Waals surface area contributed by atoms with Gasteiger partial charge in [-0.25, -0.2) is 12.8 Å². The molecule has 0 heterocycles. The lowest BCUT2D eigenvalue weighted by Gasteiger charge is -2.32. The molecule has 0 aliphatic carbocycles. The summed E-state index contributed by atoms with van der Waals surface area (Å²) in [6.45, 7) is 5.27. The third-order valence-electron chi connectivity index (χ3n) is 5.17. The number of halogens is 1. The van der Waals surface area contributed by atoms with Crippen LogP contribution in [0.1, 0.15) is 29.7 Å². The molecule has 0 aromatic heterocycles. The van der Waals surface area contributed by atoms with Gasteiger partial charge in [0.25, 0.3) is 10.0 Å². The van der Waals surface area contributed by atoms with Crippen LogP contribution in [0.25, 0.3) is 0 Å². The van der Waals surface area contributed by atoms with E-state index in [9.17, 15) is 12.8 Å². The second kappa shape index (κ2) is 8.98. The molecule has 0 aliphatic heterocycles. The van der Waals surface area contributed by atoms with Crippen LogP contribution in [-0.4, -0.2) is 22.6 Å². The first-order chi connectivity index (χ1) is 14.7. The molecule has 31 heavy (non-hydrogen) atoms. The number of hydrogen-bond acceptors (Lipinski definition) is 4. The zero-order chi connectivity index (χ0) is 22.8. The summed E-state index contributed by atoms with van der Waals surface area (Å²) in [5.41, 5.74) is 2.40. The summed E-state index contributed by atoms with van der Waals surface area (Å²) in [4.78, 5) is 0.0455. The third kappa shape index (κ3) is 4.51. The van der Waals surface area contributed by atoms with E-state index in [4.69, 9.17) is 9.47 Å². The highest BCUT2D eigenvalue weighted by Crippen LogP contribution is 2.39. The normalized spacial score (nSPS) is 12.3. The van der Waals surface area contributed by atoms with Gasteiger partial charge in [0.2, 0.25) is 0 Å². The Bertz CT molecular complexity index is 1190. The molecule has 0 N–H and O–H groups in total. The molecule has 3 aromatic carbocycles. The Kier molecular flexibility index (Phi) is 6.55. The van der Waals surface area contributed by atoms with E-state index in [0.717, 1.165) is 11.6 Å². The highest BCUT2D eigenvalue weighted by molar-refractivity contribution is 7.92. The second-order valence-corrected chi connectivity index (χ2v) is 9.12. The molecule has 0 bridgehead atoms. The molecular weight excluding hydrogens is 417 g/mol. The Morgan fingerprint density at radius 1 is 0.935 bits per heavy atom. The van der Waals surface area contributed by atoms with Crippen molar-refractivity contribution in [3.05, 3.63) is 83.2 Å². The Morgan fingerprint density at radius 2 is 1.68 bits per heavy atom. The highest BCUT2D eigenvalue weighted by atomic mass is 32.2. The lowest BCUT2D eigenvalue weighted by atomic mass is 10.1. The van der Waals surface area contributed by atoms with Gasteiger partial charge in [0.05, 0.1) is 30.8 Å². The molecule has 164 valence electrons. The smallest absolute Gasteiger partial charge is 0.265 e. The van der Waals surface area contributed by atoms with E-state index in [2.05, 4.69) is 0 Å². The summed E-state index contributed by atoms with van der Waals surface area (Å²) in [6.07, 6.45) is 0. The molecule has 5 nitrogen and oxygen atoms in total. The minimum atomic E-state index is -4.04. The molecule has 3 rings (SSSR count). The molecule has 0 fully saturated rings. The van der Waals surface area contributed by atoms with Crippen molar-refractivity contribution < 1.29 is 22.3 Å². The van der Waals surface area contributed by atoms with Crippen molar-refractivity contribution in [2.45, 2.75) is 31.7 Å². The van der Waals surface area contributed by atoms with Crippen molar-refractivity contribution >= 4 is 15.7 Å². The molecule has 0 saturated heterocycles. The quantitative estimate of drug-likeness (QED) is 0.490. The SMILES string of the molecule is COc1ccc(OC)c(C(C)N(c2cccc(C)c2)S(=O)(=O)c2ccc(F)cc2C)c1. The van der Waals surface area contributed by atoms with Gasteiger partial charge < -0.3 is 9.47 Å². The van der Waals surface area contributed by atoms with E-state index >= 15 is 0 Å². The molecule has 0 amide bonds. The fourth-order valence-corrected chi connectivity index (χ4v) is 5.47. The standard InChI is InChI=1S/C24H26FNO4S/c1-16-7-6-8-20(13-16)26(31(27,28)24-12-9-19(25)14-17(24)2)18(3)22-15-21(29-4)10-11-23(22)30-5/h6-15,18H,1-5H3. The van der Waals surface area contributed by atoms with Crippen molar-refractivity contribution in [1.82, 2.24) is 0 Å². The Hall–Kier alpha value is -3.06. The summed E-state index contributed by atoms with van der Waals surface area (Å²) in [5, 5.41) is 0. The highest BCUT2D eigenvalue weighted by Gasteiger charge is 2.33. The number of methoxy groups -OCH3 is 2. The fraction of sp³-hybridized carbons (Fsp3) is 0.250. The molecular formula is C24H26FNO4S. The predicted octanol–water partition coefficient (Wildman–Crippen LogP) is 5.42. The Labute approximate surface area is 183 Å². The van der Waals surface area contributed by atoms with E-state index in [-0.39, 0.29) is 4.90 Å². The fourth-order valence-electron chi connectivity index (χ4n) is 3.64. The van der Waals surface area contributed by atoms with Gasteiger partial charge in [0.1, 0.15) is 17.3 Å². The zero-order valence-electron chi connectivity index (χ0n) is 18.2. The van der Waals surface area contributed by atoms with Crippen LogP contribution in [0, 0.1) is 19.7 Å². The van der Waals surface area contributed by atoms with Gasteiger partial charge in [0.15, 0.2) is 0 Å². The first kappa shape index (κ1) is 22.6. The van der Waals surface area contributed by atoms with Crippen molar-refractivity contribution in [3.63, 3.8) is 0 Å². The summed E-state index contributed by atoms with van der Waals surface area (Å²) >= 11 is 0. The summed E-state index contributed by atoms with van der Waals surface area (Å²) < 4.78 is 53.6. The number of ether oxygens (including phenoxy) is 2. The van der Waals surface area contributed by atoms with Gasteiger partial charge in [-0.3, -0.25) is 4.31 Å². The molecule has 0 aliphatic rings. The van der Waals surface area contributed by atoms with Crippen molar-refractivity contribution in [3.8, 4) is 11.5 Å². The lowest BCUT2D eigenvalue weighted by molar-refractivity contribution is 0.396. The van der Waals surface area contributed by atoms with Crippen molar-refractivity contribution in [2.24, 2.45) is 0 Å². The van der Waals surface area contributed by atoms with Gasteiger partial charge in [-0.2, -0.15) is 0 Å². The Morgan fingerprint density at radius 3 is 2.29 bits per heavy atom. The summed E-state index contributed by atoms with van der Waals surface area (Å²) in [7, 11) is -0.956. The zero-order valence-corrected chi connectivity index (χ0v) is 19.0. The number of benzene rings is 3. The molecule has 1 atom stereocenters. The maximum absolute atomic E-state index is 13.9. The van der Waals surface area contributed by atoms with Crippen molar-refractivity contribution in [1.29, 1.82) is 0 Å². The van der Waals surface area contributed by atoms with Crippen LogP contribution in [0.2, 0.25) is 0 Å². The molecule has 0 radical (unpaired) electrons. The first-order valence-corrected chi connectivity index (χ1v) is 11.2. The molecule has 0 spiro atoms. The van der Waals surface area contributed by atoms with Gasteiger partial charge in [-0.1, -0.05) is 12.1 Å². The summed E-state index contributed by atoms with van der Waals surface area (Å²) in [6, 6.07) is 15.6. The van der Waals surface area contributed by atoms with Gasteiger partial charge in [-0.05, 0) is 80.4 Å². The molecule has 0 saturated carbocycles. The number of aryl methyl sites for hydroxylation is 2. The van der Waals surface area contributed by atoms with Gasteiger partial charge in [0, 0.05) is 5.56 Å². The van der Waals surface area contributed by atoms with Crippen LogP contribution in [0.15, 0.2) is 65.6 Å². The molecule has 1 unspecified atom stereocenters. The molecule has 3 aromatic rings. The van der Waals surface area contributed by atoms with Crippen LogP contribution < -0.4 is 13.8 Å². The predicted molar refractivity (Wildman–Crippen MR) is 120 cm³/mol. The Balaban J connectivity index is 2.25. The van der Waals surface area contributed by atoms with E-state index in [1.807, 2.05) is 13.0 Å². The van der Waals surface area contributed by atoms with Crippen LogP contribution in [0.4, 0.5) is 10.1 Å². The maximum Gasteiger partial charge on any atom is 0.265 e. The number of sulfonamides is 1. The number of anilines is 1.